The van der Waals surface area contributed by atoms with E-state index in [1.807, 2.05) is 26.2 Å². The van der Waals surface area contributed by atoms with Crippen molar-refractivity contribution in [3.8, 4) is 11.5 Å². The number of benzene rings is 2. The fraction of sp³-hybridized carbons (Fsp3) is 0.226. The quantitative estimate of drug-likeness (QED) is 0.403. The van der Waals surface area contributed by atoms with Crippen molar-refractivity contribution in [3.05, 3.63) is 128 Å². The van der Waals surface area contributed by atoms with E-state index in [-0.39, 0.29) is 22.8 Å². The van der Waals surface area contributed by atoms with Gasteiger partial charge in [0.2, 0.25) is 0 Å². The summed E-state index contributed by atoms with van der Waals surface area (Å²) in [4.78, 5) is 2.11. The predicted molar refractivity (Wildman–Crippen MR) is 139 cm³/mol. The van der Waals surface area contributed by atoms with E-state index in [4.69, 9.17) is 4.74 Å². The van der Waals surface area contributed by atoms with Gasteiger partial charge in [0.15, 0.2) is 0 Å². The molecule has 0 aliphatic heterocycles. The van der Waals surface area contributed by atoms with Crippen molar-refractivity contribution in [2.45, 2.75) is 13.3 Å². The third kappa shape index (κ3) is 7.62. The van der Waals surface area contributed by atoms with E-state index < -0.39 is 0 Å². The van der Waals surface area contributed by atoms with E-state index in [1.54, 1.807) is 12.1 Å². The summed E-state index contributed by atoms with van der Waals surface area (Å²) in [5.41, 5.74) is 4.71. The molecule has 4 rings (SSSR count). The minimum absolute atomic E-state index is 0. The molecule has 0 spiro atoms. The molecule has 0 heterocycles. The zero-order valence-corrected chi connectivity index (χ0v) is 21.7. The summed E-state index contributed by atoms with van der Waals surface area (Å²) in [5.74, 6) is 4.09. The molecule has 180 valence electrons. The fourth-order valence-corrected chi connectivity index (χ4v) is 4.29. The molecule has 1 atom stereocenters. The molecular formula is C31H33FeNO2+2. The molecule has 2 aromatic carbocycles. The predicted octanol–water partition coefficient (Wildman–Crippen LogP) is 5.97. The van der Waals surface area contributed by atoms with Crippen molar-refractivity contribution in [1.29, 1.82) is 0 Å². The molecule has 4 heteroatoms. The van der Waals surface area contributed by atoms with E-state index in [0.717, 1.165) is 29.8 Å². The Morgan fingerprint density at radius 2 is 1.37 bits per heavy atom. The second-order valence-corrected chi connectivity index (χ2v) is 9.07. The fourth-order valence-electron chi connectivity index (χ4n) is 4.29. The molecule has 0 bridgehead atoms. The van der Waals surface area contributed by atoms with Crippen LogP contribution in [0, 0.1) is 69.1 Å². The van der Waals surface area contributed by atoms with Crippen LogP contribution in [0.5, 0.6) is 11.5 Å². The summed E-state index contributed by atoms with van der Waals surface area (Å²) in [6, 6.07) is 15.9. The molecule has 2 aromatic rings. The van der Waals surface area contributed by atoms with Crippen molar-refractivity contribution in [1.82, 2.24) is 4.90 Å². The number of hydrogen-bond donors (Lipinski definition) is 1. The van der Waals surface area contributed by atoms with Gasteiger partial charge in [-0.3, -0.25) is 0 Å². The normalized spacial score (nSPS) is 18.4. The summed E-state index contributed by atoms with van der Waals surface area (Å²) < 4.78 is 5.93. The molecule has 1 N–H and O–H groups in total. The number of hydrogen-bond acceptors (Lipinski definition) is 3. The summed E-state index contributed by atoms with van der Waals surface area (Å²) in [5, 5.41) is 9.92. The van der Waals surface area contributed by atoms with Gasteiger partial charge in [-0.15, -0.1) is 0 Å². The van der Waals surface area contributed by atoms with Crippen LogP contribution in [0.15, 0.2) is 54.1 Å². The van der Waals surface area contributed by atoms with Crippen LogP contribution in [0.4, 0.5) is 0 Å². The van der Waals surface area contributed by atoms with Crippen LogP contribution in [-0.4, -0.2) is 37.3 Å². The van der Waals surface area contributed by atoms with Crippen LogP contribution >= 0.6 is 0 Å². The van der Waals surface area contributed by atoms with Crippen molar-refractivity contribution in [3.63, 3.8) is 0 Å². The van der Waals surface area contributed by atoms with E-state index in [0.29, 0.717) is 12.5 Å². The van der Waals surface area contributed by atoms with Gasteiger partial charge in [0.25, 0.3) is 0 Å². The van der Waals surface area contributed by atoms with Crippen molar-refractivity contribution < 1.29 is 26.9 Å². The Morgan fingerprint density at radius 1 is 0.829 bits per heavy atom. The molecule has 3 nitrogen and oxygen atoms in total. The molecule has 1 unspecified atom stereocenters. The van der Waals surface area contributed by atoms with Crippen LogP contribution in [0.2, 0.25) is 0 Å². The minimum Gasteiger partial charge on any atom is -0.508 e. The summed E-state index contributed by atoms with van der Waals surface area (Å²) in [6.07, 6.45) is 18.1. The van der Waals surface area contributed by atoms with Gasteiger partial charge >= 0.3 is 17.1 Å². The smallest absolute Gasteiger partial charge is 0.508 e. The van der Waals surface area contributed by atoms with E-state index in [1.165, 1.54) is 23.0 Å². The van der Waals surface area contributed by atoms with E-state index >= 15 is 0 Å². The van der Waals surface area contributed by atoms with Gasteiger partial charge in [0, 0.05) is 12.5 Å². The summed E-state index contributed by atoms with van der Waals surface area (Å²) >= 11 is 0. The molecule has 10 radical (unpaired) electrons. The topological polar surface area (TPSA) is 32.7 Å². The zero-order chi connectivity index (χ0) is 23.9. The van der Waals surface area contributed by atoms with Crippen LogP contribution in [0.25, 0.3) is 5.57 Å². The maximum absolute atomic E-state index is 9.92. The first kappa shape index (κ1) is 27.8. The monoisotopic (exact) mass is 507 g/mol. The van der Waals surface area contributed by atoms with Gasteiger partial charge in [-0.1, -0.05) is 36.8 Å². The Balaban J connectivity index is 0.00000342. The number of nitrogens with zero attached hydrogens (tertiary/aromatic N) is 1. The Morgan fingerprint density at radius 3 is 1.94 bits per heavy atom. The van der Waals surface area contributed by atoms with Gasteiger partial charge in [-0.05, 0) is 125 Å². The first-order chi connectivity index (χ1) is 16.5. The van der Waals surface area contributed by atoms with Gasteiger partial charge in [0.05, 0.1) is 0 Å². The third-order valence-electron chi connectivity index (χ3n) is 6.19. The number of likely N-dealkylation sites (N-methyl/N-ethyl adjacent to an activating group) is 1. The van der Waals surface area contributed by atoms with Gasteiger partial charge in [0.1, 0.15) is 18.1 Å². The van der Waals surface area contributed by atoms with Crippen LogP contribution in [-0.2, 0) is 17.1 Å². The van der Waals surface area contributed by atoms with Gasteiger partial charge < -0.3 is 14.7 Å². The molecular weight excluding hydrogens is 474 g/mol. The van der Waals surface area contributed by atoms with Gasteiger partial charge in [-0.25, -0.2) is 0 Å². The molecule has 0 aromatic heterocycles. The Bertz CT molecular complexity index is 923. The Kier molecular flexibility index (Phi) is 10.8. The van der Waals surface area contributed by atoms with Gasteiger partial charge in [-0.2, -0.15) is 0 Å². The molecule has 2 aliphatic carbocycles. The Labute approximate surface area is 223 Å². The molecule has 0 amide bonds. The number of phenolic OH excluding ortho intramolecular Hbond substituents is 1. The van der Waals surface area contributed by atoms with Crippen molar-refractivity contribution in [2.24, 2.45) is 5.92 Å². The maximum atomic E-state index is 9.92. The zero-order valence-electron chi connectivity index (χ0n) is 20.6. The first-order valence-electron chi connectivity index (χ1n) is 11.9. The summed E-state index contributed by atoms with van der Waals surface area (Å²) in [6.45, 7) is 3.82. The largest absolute Gasteiger partial charge is 2.00 e. The van der Waals surface area contributed by atoms with Crippen LogP contribution in [0.3, 0.4) is 0 Å². The molecule has 0 saturated heterocycles. The molecule has 2 fully saturated rings. The number of allylic oxidation sites excluding steroid dienone is 1. The van der Waals surface area contributed by atoms with E-state index in [9.17, 15) is 5.11 Å². The average Bonchev–Trinajstić information content (AvgIpc) is 3.55. The summed E-state index contributed by atoms with van der Waals surface area (Å²) in [7, 11) is 4.09. The van der Waals surface area contributed by atoms with Crippen LogP contribution < -0.4 is 4.74 Å². The van der Waals surface area contributed by atoms with Crippen molar-refractivity contribution >= 4 is 5.57 Å². The number of ether oxygens (including phenoxy) is 1. The first-order valence-corrected chi connectivity index (χ1v) is 11.9. The molecule has 2 aliphatic rings. The van der Waals surface area contributed by atoms with Crippen LogP contribution in [0.1, 0.15) is 24.5 Å². The average molecular weight is 507 g/mol. The van der Waals surface area contributed by atoms with E-state index in [2.05, 4.69) is 87.5 Å². The Hall–Kier alpha value is -1.74. The minimum atomic E-state index is 0. The van der Waals surface area contributed by atoms with Crippen molar-refractivity contribution in [2.75, 3.05) is 27.2 Å². The second kappa shape index (κ2) is 13.5. The molecule has 35 heavy (non-hydrogen) atoms. The molecule has 2 saturated carbocycles. The maximum Gasteiger partial charge on any atom is 2.00 e. The number of rotatable bonds is 10. The second-order valence-electron chi connectivity index (χ2n) is 9.07. The third-order valence-corrected chi connectivity index (χ3v) is 6.19. The standard InChI is InChI=1S/C31H33NO2.Fe/c1-23(24-8-4-5-9-24)22-30(25-10-6-7-11-25)31(26-12-16-28(33)17-13-26)27-14-18-29(19-15-27)34-21-20-32(2)3;/h4-19,23,33H,20-22H2,1-3H3;/q;+2/b31-30+;. The number of aromatic hydroxyl groups is 1. The SMILES string of the molecule is CC(C/C([C]1[CH][CH][CH][CH]1)=C(/c1ccc(O)cc1)c1ccc(OCCN(C)C)cc1)[C]1[CH][CH][CH][CH]1.[Fe+2]. The number of phenols is 1.